The molecule has 0 radical (unpaired) electrons. The molecule has 0 aliphatic carbocycles. The van der Waals surface area contributed by atoms with Crippen LogP contribution >= 0.6 is 0 Å². The second-order valence-electron chi connectivity index (χ2n) is 4.55. The van der Waals surface area contributed by atoms with Crippen LogP contribution in [0.3, 0.4) is 0 Å². The van der Waals surface area contributed by atoms with Gasteiger partial charge in [-0.2, -0.15) is 5.21 Å². The average molecular weight is 296 g/mol. The van der Waals surface area contributed by atoms with Crippen LogP contribution in [0.2, 0.25) is 0 Å². The standard InChI is InChI=1S/C14H12N6O2/c21-12(6-13(22)14-16-18-19-17-14)11-8-20(9-15-11)7-10-4-2-1-3-5-10/h1-6,8-9,22H,7H2,(H,16,17,18,19). The van der Waals surface area contributed by atoms with Crippen molar-refractivity contribution in [3.05, 3.63) is 66.0 Å². The number of aliphatic hydroxyl groups is 1. The van der Waals surface area contributed by atoms with Gasteiger partial charge in [0.1, 0.15) is 5.69 Å². The predicted molar refractivity (Wildman–Crippen MR) is 76.9 cm³/mol. The molecule has 2 heterocycles. The molecule has 3 aromatic rings. The number of hydrogen-bond acceptors (Lipinski definition) is 6. The Balaban J connectivity index is 1.73. The van der Waals surface area contributed by atoms with Crippen LogP contribution in [0, 0.1) is 0 Å². The van der Waals surface area contributed by atoms with Crippen molar-refractivity contribution in [3.63, 3.8) is 0 Å². The highest BCUT2D eigenvalue weighted by Gasteiger charge is 2.11. The van der Waals surface area contributed by atoms with E-state index in [-0.39, 0.29) is 17.3 Å². The number of aliphatic hydroxyl groups excluding tert-OH is 1. The normalized spacial score (nSPS) is 11.5. The Labute approximate surface area is 125 Å². The van der Waals surface area contributed by atoms with Crippen molar-refractivity contribution >= 4 is 11.5 Å². The first kappa shape index (κ1) is 13.7. The molecule has 0 bridgehead atoms. The number of ketones is 1. The Morgan fingerprint density at radius 2 is 2.14 bits per heavy atom. The molecule has 2 aromatic heterocycles. The van der Waals surface area contributed by atoms with E-state index in [9.17, 15) is 9.90 Å². The minimum atomic E-state index is -0.436. The molecule has 22 heavy (non-hydrogen) atoms. The highest BCUT2D eigenvalue weighted by Crippen LogP contribution is 2.08. The van der Waals surface area contributed by atoms with Gasteiger partial charge in [0.15, 0.2) is 5.76 Å². The fourth-order valence-electron chi connectivity index (χ4n) is 1.90. The zero-order valence-corrected chi connectivity index (χ0v) is 11.4. The van der Waals surface area contributed by atoms with Gasteiger partial charge in [0.05, 0.1) is 6.33 Å². The molecule has 1 aromatic carbocycles. The molecule has 2 N–H and O–H groups in total. The summed E-state index contributed by atoms with van der Waals surface area (Å²) in [5.74, 6) is -0.845. The summed E-state index contributed by atoms with van der Waals surface area (Å²) in [6, 6.07) is 9.82. The van der Waals surface area contributed by atoms with Gasteiger partial charge in [-0.25, -0.2) is 4.98 Å². The zero-order valence-electron chi connectivity index (χ0n) is 11.4. The number of imidazole rings is 1. The molecule has 0 fully saturated rings. The predicted octanol–water partition coefficient (Wildman–Crippen LogP) is 1.23. The van der Waals surface area contributed by atoms with Gasteiger partial charge in [-0.15, -0.1) is 10.2 Å². The van der Waals surface area contributed by atoms with E-state index in [2.05, 4.69) is 25.6 Å². The number of rotatable bonds is 5. The van der Waals surface area contributed by atoms with Gasteiger partial charge in [0, 0.05) is 18.8 Å². The number of H-pyrrole nitrogens is 1. The molecule has 0 saturated heterocycles. The highest BCUT2D eigenvalue weighted by atomic mass is 16.3. The molecule has 110 valence electrons. The summed E-state index contributed by atoms with van der Waals surface area (Å²) in [6.45, 7) is 0.613. The average Bonchev–Trinajstić information content (AvgIpc) is 3.19. The van der Waals surface area contributed by atoms with Gasteiger partial charge in [-0.3, -0.25) is 4.79 Å². The first-order valence-electron chi connectivity index (χ1n) is 6.47. The van der Waals surface area contributed by atoms with E-state index in [0.29, 0.717) is 6.54 Å². The fraction of sp³-hybridized carbons (Fsp3) is 0.0714. The maximum atomic E-state index is 12.0. The lowest BCUT2D eigenvalue weighted by Crippen LogP contribution is -1.99. The summed E-state index contributed by atoms with van der Waals surface area (Å²) >= 11 is 0. The molecular weight excluding hydrogens is 284 g/mol. The number of aromatic nitrogens is 6. The minimum absolute atomic E-state index is 0.0444. The third kappa shape index (κ3) is 3.06. The SMILES string of the molecule is O=C(C=C(O)c1nn[nH]n1)c1cn(Cc2ccccc2)cn1. The van der Waals surface area contributed by atoms with Crippen molar-refractivity contribution in [1.29, 1.82) is 0 Å². The van der Waals surface area contributed by atoms with E-state index in [1.54, 1.807) is 17.1 Å². The Morgan fingerprint density at radius 1 is 1.32 bits per heavy atom. The third-order valence-corrected chi connectivity index (χ3v) is 2.94. The second kappa shape index (κ2) is 6.00. The molecule has 0 spiro atoms. The van der Waals surface area contributed by atoms with Gasteiger partial charge in [0.25, 0.3) is 0 Å². The van der Waals surface area contributed by atoms with Crippen molar-refractivity contribution < 1.29 is 9.90 Å². The smallest absolute Gasteiger partial charge is 0.239 e. The van der Waals surface area contributed by atoms with Crippen molar-refractivity contribution in [1.82, 2.24) is 30.2 Å². The van der Waals surface area contributed by atoms with E-state index in [4.69, 9.17) is 0 Å². The lowest BCUT2D eigenvalue weighted by molar-refractivity contribution is 0.104. The summed E-state index contributed by atoms with van der Waals surface area (Å²) in [5, 5.41) is 22.4. The topological polar surface area (TPSA) is 110 Å². The van der Waals surface area contributed by atoms with Crippen LogP contribution in [0.15, 0.2) is 48.9 Å². The van der Waals surface area contributed by atoms with Crippen molar-refractivity contribution in [2.24, 2.45) is 0 Å². The van der Waals surface area contributed by atoms with Crippen molar-refractivity contribution in [3.8, 4) is 0 Å². The molecule has 0 aliphatic rings. The van der Waals surface area contributed by atoms with Gasteiger partial charge in [0.2, 0.25) is 11.6 Å². The van der Waals surface area contributed by atoms with E-state index < -0.39 is 5.78 Å². The van der Waals surface area contributed by atoms with Crippen LogP contribution in [-0.2, 0) is 6.54 Å². The Morgan fingerprint density at radius 3 is 2.86 bits per heavy atom. The summed E-state index contributed by atoms with van der Waals surface area (Å²) in [4.78, 5) is 16.1. The number of allylic oxidation sites excluding steroid dienone is 1. The minimum Gasteiger partial charge on any atom is -0.504 e. The molecule has 8 nitrogen and oxygen atoms in total. The molecular formula is C14H12N6O2. The number of carbonyl (C=O) groups excluding carboxylic acids is 1. The summed E-state index contributed by atoms with van der Waals surface area (Å²) in [6.07, 6.45) is 4.20. The van der Waals surface area contributed by atoms with Crippen LogP contribution in [0.4, 0.5) is 0 Å². The van der Waals surface area contributed by atoms with Crippen molar-refractivity contribution in [2.75, 3.05) is 0 Å². The lowest BCUT2D eigenvalue weighted by atomic mass is 10.2. The number of benzene rings is 1. The van der Waals surface area contributed by atoms with Crippen LogP contribution < -0.4 is 0 Å². The molecule has 0 unspecified atom stereocenters. The second-order valence-corrected chi connectivity index (χ2v) is 4.55. The molecule has 0 saturated carbocycles. The van der Waals surface area contributed by atoms with Crippen LogP contribution in [-0.4, -0.2) is 41.1 Å². The maximum Gasteiger partial charge on any atom is 0.239 e. The molecule has 0 atom stereocenters. The Bertz CT molecular complexity index is 792. The van der Waals surface area contributed by atoms with E-state index in [1.165, 1.54) is 0 Å². The number of hydrogen-bond donors (Lipinski definition) is 2. The number of tetrazole rings is 1. The largest absolute Gasteiger partial charge is 0.504 e. The maximum absolute atomic E-state index is 12.0. The molecule has 3 rings (SSSR count). The summed E-state index contributed by atoms with van der Waals surface area (Å²) in [5.41, 5.74) is 1.33. The Hall–Kier alpha value is -3.29. The van der Waals surface area contributed by atoms with Gasteiger partial charge >= 0.3 is 0 Å². The first-order valence-corrected chi connectivity index (χ1v) is 6.47. The van der Waals surface area contributed by atoms with E-state index in [1.807, 2.05) is 30.3 Å². The van der Waals surface area contributed by atoms with Gasteiger partial charge < -0.3 is 9.67 Å². The van der Waals surface area contributed by atoms with E-state index in [0.717, 1.165) is 11.6 Å². The highest BCUT2D eigenvalue weighted by molar-refractivity contribution is 6.06. The van der Waals surface area contributed by atoms with Crippen LogP contribution in [0.25, 0.3) is 5.76 Å². The van der Waals surface area contributed by atoms with Gasteiger partial charge in [-0.05, 0) is 10.8 Å². The van der Waals surface area contributed by atoms with Gasteiger partial charge in [-0.1, -0.05) is 30.3 Å². The first-order chi connectivity index (χ1) is 10.7. The molecule has 0 amide bonds. The Kier molecular flexibility index (Phi) is 3.73. The third-order valence-electron chi connectivity index (χ3n) is 2.94. The number of nitrogens with zero attached hydrogens (tertiary/aromatic N) is 5. The van der Waals surface area contributed by atoms with Crippen LogP contribution in [0.1, 0.15) is 21.9 Å². The van der Waals surface area contributed by atoms with Crippen LogP contribution in [0.5, 0.6) is 0 Å². The summed E-state index contributed by atoms with van der Waals surface area (Å²) < 4.78 is 1.79. The number of carbonyl (C=O) groups is 1. The zero-order chi connectivity index (χ0) is 15.4. The van der Waals surface area contributed by atoms with E-state index >= 15 is 0 Å². The number of nitrogens with one attached hydrogen (secondary N) is 1. The number of aromatic amines is 1. The molecule has 8 heteroatoms. The lowest BCUT2D eigenvalue weighted by Gasteiger charge is -2.00. The van der Waals surface area contributed by atoms with Crippen molar-refractivity contribution in [2.45, 2.75) is 6.54 Å². The quantitative estimate of drug-likeness (QED) is 0.416. The molecule has 0 aliphatic heterocycles. The fourth-order valence-corrected chi connectivity index (χ4v) is 1.90. The summed E-state index contributed by atoms with van der Waals surface area (Å²) in [7, 11) is 0. The monoisotopic (exact) mass is 296 g/mol.